The summed E-state index contributed by atoms with van der Waals surface area (Å²) in [7, 11) is 0. The Morgan fingerprint density at radius 2 is 2.04 bits per heavy atom. The zero-order valence-electron chi connectivity index (χ0n) is 14.1. The molecule has 1 aliphatic heterocycles. The molecule has 0 aliphatic carbocycles. The molecule has 0 bridgehead atoms. The van der Waals surface area contributed by atoms with Crippen LogP contribution in [-0.4, -0.2) is 35.0 Å². The highest BCUT2D eigenvalue weighted by Gasteiger charge is 2.34. The molecular formula is C18H14Cl2N2O4S. The number of nitrogens with zero attached hydrogens (tertiary/aromatic N) is 1. The molecule has 1 saturated heterocycles. The summed E-state index contributed by atoms with van der Waals surface area (Å²) in [5, 5.41) is 2.88. The van der Waals surface area contributed by atoms with Gasteiger partial charge in [-0.05, 0) is 48.5 Å². The topological polar surface area (TPSA) is 79.6 Å². The van der Waals surface area contributed by atoms with Crippen LogP contribution in [0.4, 0.5) is 4.79 Å². The van der Waals surface area contributed by atoms with E-state index in [1.807, 2.05) is 0 Å². The average molecular weight is 425 g/mol. The second-order valence-electron chi connectivity index (χ2n) is 5.64. The van der Waals surface area contributed by atoms with Crippen LogP contribution in [0.5, 0.6) is 0 Å². The minimum absolute atomic E-state index is 0.0523. The van der Waals surface area contributed by atoms with Crippen LogP contribution in [0.2, 0.25) is 10.0 Å². The van der Waals surface area contributed by atoms with Gasteiger partial charge in [0.15, 0.2) is 5.76 Å². The molecule has 3 amide bonds. The van der Waals surface area contributed by atoms with E-state index in [0.717, 1.165) is 16.7 Å². The van der Waals surface area contributed by atoms with Crippen molar-refractivity contribution >= 4 is 58.1 Å². The summed E-state index contributed by atoms with van der Waals surface area (Å²) < 4.78 is 5.22. The van der Waals surface area contributed by atoms with Crippen LogP contribution in [0.15, 0.2) is 39.7 Å². The van der Waals surface area contributed by atoms with Crippen LogP contribution in [0, 0.1) is 6.92 Å². The predicted octanol–water partition coefficient (Wildman–Crippen LogP) is 4.36. The van der Waals surface area contributed by atoms with Crippen LogP contribution in [0.25, 0.3) is 6.08 Å². The van der Waals surface area contributed by atoms with E-state index in [0.29, 0.717) is 21.4 Å². The fourth-order valence-corrected chi connectivity index (χ4v) is 3.61. The summed E-state index contributed by atoms with van der Waals surface area (Å²) in [6.07, 6.45) is 1.53. The van der Waals surface area contributed by atoms with E-state index in [-0.39, 0.29) is 23.8 Å². The van der Waals surface area contributed by atoms with Gasteiger partial charge in [-0.3, -0.25) is 19.3 Å². The lowest BCUT2D eigenvalue weighted by Gasteiger charge is -2.12. The van der Waals surface area contributed by atoms with E-state index in [2.05, 4.69) is 5.32 Å². The molecule has 0 spiro atoms. The second kappa shape index (κ2) is 8.21. The van der Waals surface area contributed by atoms with Gasteiger partial charge in [-0.1, -0.05) is 35.3 Å². The Kier molecular flexibility index (Phi) is 5.94. The summed E-state index contributed by atoms with van der Waals surface area (Å²) in [6.45, 7) is 1.90. The third-order valence-corrected chi connectivity index (χ3v) is 5.47. The first-order chi connectivity index (χ1) is 12.9. The number of imide groups is 1. The molecule has 1 aliphatic rings. The first-order valence-corrected chi connectivity index (χ1v) is 9.48. The Hall–Kier alpha value is -2.22. The number of carbonyl (C=O) groups excluding carboxylic acids is 3. The molecule has 1 fully saturated rings. The average Bonchev–Trinajstić information content (AvgIpc) is 3.17. The van der Waals surface area contributed by atoms with Gasteiger partial charge < -0.3 is 9.73 Å². The molecule has 0 radical (unpaired) electrons. The molecule has 2 heterocycles. The van der Waals surface area contributed by atoms with Gasteiger partial charge in [0, 0.05) is 13.1 Å². The van der Waals surface area contributed by atoms with Crippen molar-refractivity contribution in [3.8, 4) is 0 Å². The SMILES string of the molecule is Cc1ccc(C(=O)NCCN2C(=O)S/C(=C\c3cccc(Cl)c3Cl)C2=O)o1. The number of carbonyl (C=O) groups is 3. The van der Waals surface area contributed by atoms with E-state index in [1.165, 1.54) is 6.08 Å². The third kappa shape index (κ3) is 4.37. The summed E-state index contributed by atoms with van der Waals surface area (Å²) in [5.74, 6) is -0.0477. The highest BCUT2D eigenvalue weighted by atomic mass is 35.5. The molecule has 3 rings (SSSR count). The number of benzene rings is 1. The number of hydrogen-bond acceptors (Lipinski definition) is 5. The first kappa shape index (κ1) is 19.5. The Morgan fingerprint density at radius 3 is 2.74 bits per heavy atom. The third-order valence-electron chi connectivity index (χ3n) is 3.73. The molecule has 140 valence electrons. The van der Waals surface area contributed by atoms with Crippen molar-refractivity contribution < 1.29 is 18.8 Å². The molecule has 0 unspecified atom stereocenters. The highest BCUT2D eigenvalue weighted by molar-refractivity contribution is 8.18. The van der Waals surface area contributed by atoms with Crippen molar-refractivity contribution in [3.05, 3.63) is 62.4 Å². The van der Waals surface area contributed by atoms with Crippen molar-refractivity contribution in [3.63, 3.8) is 0 Å². The predicted molar refractivity (Wildman–Crippen MR) is 105 cm³/mol. The Balaban J connectivity index is 1.63. The molecule has 6 nitrogen and oxygen atoms in total. The van der Waals surface area contributed by atoms with Gasteiger partial charge in [0.2, 0.25) is 0 Å². The number of thioether (sulfide) groups is 1. The largest absolute Gasteiger partial charge is 0.456 e. The van der Waals surface area contributed by atoms with E-state index >= 15 is 0 Å². The Labute approximate surface area is 169 Å². The normalized spacial score (nSPS) is 15.7. The molecule has 9 heteroatoms. The van der Waals surface area contributed by atoms with Crippen molar-refractivity contribution in [2.24, 2.45) is 0 Å². The molecule has 0 saturated carbocycles. The number of amides is 3. The number of nitrogens with one attached hydrogen (secondary N) is 1. The zero-order valence-corrected chi connectivity index (χ0v) is 16.5. The van der Waals surface area contributed by atoms with Crippen LogP contribution < -0.4 is 5.32 Å². The van der Waals surface area contributed by atoms with Crippen molar-refractivity contribution in [2.75, 3.05) is 13.1 Å². The standard InChI is InChI=1S/C18H14Cl2N2O4S/c1-10-5-6-13(26-10)16(23)21-7-8-22-17(24)14(27-18(22)25)9-11-3-2-4-12(19)15(11)20/h2-6,9H,7-8H2,1H3,(H,21,23)/b14-9-. The molecule has 1 aromatic carbocycles. The van der Waals surface area contributed by atoms with E-state index in [1.54, 1.807) is 37.3 Å². The maximum Gasteiger partial charge on any atom is 0.293 e. The van der Waals surface area contributed by atoms with E-state index in [4.69, 9.17) is 27.6 Å². The zero-order chi connectivity index (χ0) is 19.6. The smallest absolute Gasteiger partial charge is 0.293 e. The van der Waals surface area contributed by atoms with E-state index < -0.39 is 17.1 Å². The quantitative estimate of drug-likeness (QED) is 0.721. The highest BCUT2D eigenvalue weighted by Crippen LogP contribution is 2.34. The van der Waals surface area contributed by atoms with Gasteiger partial charge >= 0.3 is 0 Å². The number of halogens is 2. The maximum absolute atomic E-state index is 12.5. The maximum atomic E-state index is 12.5. The summed E-state index contributed by atoms with van der Waals surface area (Å²) in [4.78, 5) is 37.8. The summed E-state index contributed by atoms with van der Waals surface area (Å²) in [5.41, 5.74) is 0.552. The molecular weight excluding hydrogens is 411 g/mol. The molecule has 2 aromatic rings. The number of aryl methyl sites for hydroxylation is 1. The monoisotopic (exact) mass is 424 g/mol. The van der Waals surface area contributed by atoms with Gasteiger partial charge in [-0.25, -0.2) is 0 Å². The van der Waals surface area contributed by atoms with Crippen LogP contribution in [0.1, 0.15) is 21.9 Å². The molecule has 1 N–H and O–H groups in total. The van der Waals surface area contributed by atoms with Crippen LogP contribution >= 0.6 is 35.0 Å². The lowest BCUT2D eigenvalue weighted by Crippen LogP contribution is -2.37. The Morgan fingerprint density at radius 1 is 1.26 bits per heavy atom. The Bertz CT molecular complexity index is 955. The molecule has 27 heavy (non-hydrogen) atoms. The molecule has 1 aromatic heterocycles. The molecule has 0 atom stereocenters. The number of hydrogen-bond donors (Lipinski definition) is 1. The van der Waals surface area contributed by atoms with Crippen molar-refractivity contribution in [1.82, 2.24) is 10.2 Å². The van der Waals surface area contributed by atoms with Crippen molar-refractivity contribution in [2.45, 2.75) is 6.92 Å². The minimum atomic E-state index is -0.441. The minimum Gasteiger partial charge on any atom is -0.456 e. The fraction of sp³-hybridized carbons (Fsp3) is 0.167. The van der Waals surface area contributed by atoms with E-state index in [9.17, 15) is 14.4 Å². The lowest BCUT2D eigenvalue weighted by molar-refractivity contribution is -0.122. The number of furan rings is 1. The summed E-state index contributed by atoms with van der Waals surface area (Å²) in [6, 6.07) is 8.28. The first-order valence-electron chi connectivity index (χ1n) is 7.91. The van der Waals surface area contributed by atoms with Gasteiger partial charge in [-0.15, -0.1) is 0 Å². The van der Waals surface area contributed by atoms with Crippen molar-refractivity contribution in [1.29, 1.82) is 0 Å². The van der Waals surface area contributed by atoms with Crippen LogP contribution in [0.3, 0.4) is 0 Å². The fourth-order valence-electron chi connectivity index (χ4n) is 2.39. The van der Waals surface area contributed by atoms with Gasteiger partial charge in [0.25, 0.3) is 17.1 Å². The van der Waals surface area contributed by atoms with Crippen LogP contribution in [-0.2, 0) is 4.79 Å². The van der Waals surface area contributed by atoms with Gasteiger partial charge in [0.05, 0.1) is 15.0 Å². The number of rotatable bonds is 5. The van der Waals surface area contributed by atoms with Gasteiger partial charge in [0.1, 0.15) is 5.76 Å². The second-order valence-corrected chi connectivity index (χ2v) is 7.42. The summed E-state index contributed by atoms with van der Waals surface area (Å²) >= 11 is 12.9. The lowest BCUT2D eigenvalue weighted by atomic mass is 10.2. The van der Waals surface area contributed by atoms with Gasteiger partial charge in [-0.2, -0.15) is 0 Å².